The van der Waals surface area contributed by atoms with Crippen LogP contribution in [0.5, 0.6) is 0 Å². The van der Waals surface area contributed by atoms with Gasteiger partial charge in [0, 0.05) is 21.0 Å². The molecule has 0 saturated carbocycles. The number of rotatable bonds is 4. The number of nitrogens with one attached hydrogen (secondary N) is 1. The van der Waals surface area contributed by atoms with Crippen molar-refractivity contribution in [1.29, 1.82) is 0 Å². The molecule has 4 rings (SSSR count). The van der Waals surface area contributed by atoms with Gasteiger partial charge in [-0.25, -0.2) is 14.4 Å². The first-order chi connectivity index (χ1) is 13.2. The third kappa shape index (κ3) is 3.85. The van der Waals surface area contributed by atoms with Gasteiger partial charge >= 0.3 is 0 Å². The van der Waals surface area contributed by atoms with E-state index in [-0.39, 0.29) is 5.82 Å². The summed E-state index contributed by atoms with van der Waals surface area (Å²) in [4.78, 5) is 9.25. The third-order valence-corrected chi connectivity index (χ3v) is 4.51. The van der Waals surface area contributed by atoms with Gasteiger partial charge in [-0.1, -0.05) is 58.4 Å². The number of hydrogen-bond acceptors (Lipinski definition) is 4. The molecule has 0 spiro atoms. The van der Waals surface area contributed by atoms with E-state index in [2.05, 4.69) is 36.4 Å². The highest BCUT2D eigenvalue weighted by Crippen LogP contribution is 2.25. The standard InChI is InChI=1S/C21H14BrFN4/c22-16-11-9-14(10-12-16)20-25-19-8-4-2-6-17(19)21(26-20)27-24-13-15-5-1-3-7-18(15)23/h1-13H,(H,25,26,27)/b24-13+. The second kappa shape index (κ2) is 7.63. The van der Waals surface area contributed by atoms with Crippen molar-refractivity contribution in [3.63, 3.8) is 0 Å². The molecule has 0 saturated heterocycles. The molecular formula is C21H14BrFN4. The Balaban J connectivity index is 1.72. The van der Waals surface area contributed by atoms with Crippen molar-refractivity contribution in [2.45, 2.75) is 0 Å². The molecule has 0 fully saturated rings. The minimum atomic E-state index is -0.328. The monoisotopic (exact) mass is 420 g/mol. The number of anilines is 1. The van der Waals surface area contributed by atoms with Crippen LogP contribution >= 0.6 is 15.9 Å². The predicted molar refractivity (Wildman–Crippen MR) is 110 cm³/mol. The number of halogens is 2. The number of hydrogen-bond donors (Lipinski definition) is 1. The zero-order chi connectivity index (χ0) is 18.6. The summed E-state index contributed by atoms with van der Waals surface area (Å²) in [6.45, 7) is 0. The molecule has 0 atom stereocenters. The van der Waals surface area contributed by atoms with Gasteiger partial charge in [-0.2, -0.15) is 5.10 Å². The van der Waals surface area contributed by atoms with Crippen LogP contribution in [0.2, 0.25) is 0 Å². The zero-order valence-electron chi connectivity index (χ0n) is 14.1. The van der Waals surface area contributed by atoms with Gasteiger partial charge in [0.2, 0.25) is 0 Å². The second-order valence-corrected chi connectivity index (χ2v) is 6.73. The van der Waals surface area contributed by atoms with E-state index in [1.165, 1.54) is 12.3 Å². The molecule has 1 N–H and O–H groups in total. The lowest BCUT2D eigenvalue weighted by Crippen LogP contribution is -1.99. The van der Waals surface area contributed by atoms with Crippen molar-refractivity contribution in [2.75, 3.05) is 5.43 Å². The molecule has 0 aliphatic heterocycles. The van der Waals surface area contributed by atoms with Crippen LogP contribution in [0.1, 0.15) is 5.56 Å². The lowest BCUT2D eigenvalue weighted by molar-refractivity contribution is 0.626. The summed E-state index contributed by atoms with van der Waals surface area (Å²) >= 11 is 3.43. The van der Waals surface area contributed by atoms with Gasteiger partial charge in [-0.3, -0.25) is 5.43 Å². The number of benzene rings is 3. The highest BCUT2D eigenvalue weighted by atomic mass is 79.9. The van der Waals surface area contributed by atoms with Crippen molar-refractivity contribution in [3.05, 3.63) is 88.6 Å². The third-order valence-electron chi connectivity index (χ3n) is 3.98. The lowest BCUT2D eigenvalue weighted by atomic mass is 10.2. The van der Waals surface area contributed by atoms with E-state index in [1.807, 2.05) is 48.5 Å². The highest BCUT2D eigenvalue weighted by molar-refractivity contribution is 9.10. The van der Waals surface area contributed by atoms with Gasteiger partial charge in [-0.15, -0.1) is 0 Å². The molecule has 1 aromatic heterocycles. The Morgan fingerprint density at radius 3 is 2.44 bits per heavy atom. The normalized spacial score (nSPS) is 11.2. The average molecular weight is 421 g/mol. The SMILES string of the molecule is Fc1ccccc1/C=N/Nc1nc(-c2ccc(Br)cc2)nc2ccccc12. The highest BCUT2D eigenvalue weighted by Gasteiger charge is 2.09. The molecule has 4 nitrogen and oxygen atoms in total. The minimum absolute atomic E-state index is 0.328. The fourth-order valence-corrected chi connectivity index (χ4v) is 2.90. The molecule has 132 valence electrons. The van der Waals surface area contributed by atoms with E-state index in [1.54, 1.807) is 18.2 Å². The Morgan fingerprint density at radius 1 is 0.889 bits per heavy atom. The molecule has 0 bridgehead atoms. The maximum Gasteiger partial charge on any atom is 0.162 e. The van der Waals surface area contributed by atoms with Gasteiger partial charge in [0.15, 0.2) is 11.6 Å². The van der Waals surface area contributed by atoms with Gasteiger partial charge < -0.3 is 0 Å². The molecule has 6 heteroatoms. The maximum atomic E-state index is 13.7. The molecule has 0 aliphatic rings. The molecular weight excluding hydrogens is 407 g/mol. The molecule has 27 heavy (non-hydrogen) atoms. The number of aromatic nitrogens is 2. The van der Waals surface area contributed by atoms with Gasteiger partial charge in [-0.05, 0) is 30.3 Å². The lowest BCUT2D eigenvalue weighted by Gasteiger charge is -2.08. The smallest absolute Gasteiger partial charge is 0.162 e. The fourth-order valence-electron chi connectivity index (χ4n) is 2.63. The Hall–Kier alpha value is -3.12. The van der Waals surface area contributed by atoms with E-state index in [0.717, 1.165) is 20.9 Å². The average Bonchev–Trinajstić information content (AvgIpc) is 2.70. The van der Waals surface area contributed by atoms with Crippen molar-refractivity contribution in [2.24, 2.45) is 5.10 Å². The minimum Gasteiger partial charge on any atom is -0.261 e. The summed E-state index contributed by atoms with van der Waals surface area (Å²) in [5, 5.41) is 5.00. The number of hydrazone groups is 1. The first-order valence-electron chi connectivity index (χ1n) is 8.27. The van der Waals surface area contributed by atoms with Crippen LogP contribution in [-0.4, -0.2) is 16.2 Å². The van der Waals surface area contributed by atoms with E-state index in [0.29, 0.717) is 17.2 Å². The van der Waals surface area contributed by atoms with Crippen molar-refractivity contribution in [1.82, 2.24) is 9.97 Å². The van der Waals surface area contributed by atoms with Crippen LogP contribution in [-0.2, 0) is 0 Å². The largest absolute Gasteiger partial charge is 0.261 e. The van der Waals surface area contributed by atoms with E-state index < -0.39 is 0 Å². The summed E-state index contributed by atoms with van der Waals surface area (Å²) in [6.07, 6.45) is 1.44. The summed E-state index contributed by atoms with van der Waals surface area (Å²) < 4.78 is 14.7. The number of para-hydroxylation sites is 1. The van der Waals surface area contributed by atoms with Crippen molar-refractivity contribution in [3.8, 4) is 11.4 Å². The van der Waals surface area contributed by atoms with Crippen LogP contribution in [0.4, 0.5) is 10.2 Å². The Bertz CT molecular complexity index is 1130. The molecule has 0 amide bonds. The molecule has 4 aromatic rings. The predicted octanol–water partition coefficient (Wildman–Crippen LogP) is 5.64. The van der Waals surface area contributed by atoms with Crippen LogP contribution in [0.25, 0.3) is 22.3 Å². The van der Waals surface area contributed by atoms with Crippen molar-refractivity contribution < 1.29 is 4.39 Å². The topological polar surface area (TPSA) is 50.2 Å². The Labute approximate surface area is 163 Å². The van der Waals surface area contributed by atoms with Crippen LogP contribution in [0.15, 0.2) is 82.4 Å². The molecule has 3 aromatic carbocycles. The summed E-state index contributed by atoms with van der Waals surface area (Å²) in [5.74, 6) is 0.821. The first-order valence-corrected chi connectivity index (χ1v) is 9.06. The van der Waals surface area contributed by atoms with Gasteiger partial charge in [0.1, 0.15) is 5.82 Å². The Morgan fingerprint density at radius 2 is 1.63 bits per heavy atom. The quantitative estimate of drug-likeness (QED) is 0.343. The van der Waals surface area contributed by atoms with Crippen molar-refractivity contribution >= 4 is 38.9 Å². The van der Waals surface area contributed by atoms with E-state index in [4.69, 9.17) is 0 Å². The zero-order valence-corrected chi connectivity index (χ0v) is 15.7. The summed E-state index contributed by atoms with van der Waals surface area (Å²) in [5.41, 5.74) is 5.02. The molecule has 0 unspecified atom stereocenters. The second-order valence-electron chi connectivity index (χ2n) is 5.81. The summed E-state index contributed by atoms with van der Waals surface area (Å²) in [7, 11) is 0. The van der Waals surface area contributed by atoms with Gasteiger partial charge in [0.05, 0.1) is 11.7 Å². The van der Waals surface area contributed by atoms with E-state index >= 15 is 0 Å². The fraction of sp³-hybridized carbons (Fsp3) is 0. The molecule has 1 heterocycles. The number of nitrogens with zero attached hydrogens (tertiary/aromatic N) is 3. The summed E-state index contributed by atoms with van der Waals surface area (Å²) in [6, 6.07) is 21.9. The maximum absolute atomic E-state index is 13.7. The van der Waals surface area contributed by atoms with Crippen LogP contribution in [0, 0.1) is 5.82 Å². The Kier molecular flexibility index (Phi) is 4.89. The van der Waals surface area contributed by atoms with E-state index in [9.17, 15) is 4.39 Å². The van der Waals surface area contributed by atoms with Gasteiger partial charge in [0.25, 0.3) is 0 Å². The van der Waals surface area contributed by atoms with Crippen LogP contribution < -0.4 is 5.43 Å². The number of fused-ring (bicyclic) bond motifs is 1. The molecule has 0 aliphatic carbocycles. The molecule has 0 radical (unpaired) electrons. The first kappa shape index (κ1) is 17.3. The van der Waals surface area contributed by atoms with Crippen LogP contribution in [0.3, 0.4) is 0 Å².